The van der Waals surface area contributed by atoms with Gasteiger partial charge in [0.05, 0.1) is 6.54 Å². The van der Waals surface area contributed by atoms with E-state index in [1.54, 1.807) is 0 Å². The van der Waals surface area contributed by atoms with Gasteiger partial charge in [-0.25, -0.2) is 9.67 Å². The molecule has 5 aromatic rings. The number of H-pyrrole nitrogens is 1. The molecule has 0 aliphatic heterocycles. The summed E-state index contributed by atoms with van der Waals surface area (Å²) in [7, 11) is 0. The van der Waals surface area contributed by atoms with Crippen molar-refractivity contribution in [1.82, 2.24) is 35.4 Å². The number of ketones is 1. The van der Waals surface area contributed by atoms with Crippen LogP contribution in [0.2, 0.25) is 0 Å². The maximum atomic E-state index is 12.9. The van der Waals surface area contributed by atoms with E-state index in [-0.39, 0.29) is 17.5 Å². The highest BCUT2D eigenvalue weighted by molar-refractivity contribution is 5.94. The van der Waals surface area contributed by atoms with Crippen molar-refractivity contribution in [3.8, 4) is 22.5 Å². The van der Waals surface area contributed by atoms with Gasteiger partial charge in [-0.15, -0.1) is 15.3 Å². The van der Waals surface area contributed by atoms with Crippen molar-refractivity contribution in [3.05, 3.63) is 102 Å². The Balaban J connectivity index is 1.39. The number of hydrogen-bond acceptors (Lipinski definition) is 6. The highest BCUT2D eigenvalue weighted by Gasteiger charge is 2.20. The molecular formula is C28H27N7O. The average molecular weight is 478 g/mol. The fourth-order valence-corrected chi connectivity index (χ4v) is 4.16. The number of hydrogen-bond donors (Lipinski definition) is 1. The molecule has 0 fully saturated rings. The van der Waals surface area contributed by atoms with Gasteiger partial charge in [0.25, 0.3) is 0 Å². The minimum Gasteiger partial charge on any atom is -0.290 e. The zero-order valence-corrected chi connectivity index (χ0v) is 20.3. The lowest BCUT2D eigenvalue weighted by molar-refractivity contribution is 0.0982. The number of aromatic nitrogens is 7. The first-order valence-corrected chi connectivity index (χ1v) is 12.1. The summed E-state index contributed by atoms with van der Waals surface area (Å²) in [5.74, 6) is 1.79. The molecule has 0 spiro atoms. The first kappa shape index (κ1) is 23.3. The van der Waals surface area contributed by atoms with Crippen LogP contribution in [-0.4, -0.2) is 41.2 Å². The van der Waals surface area contributed by atoms with Gasteiger partial charge < -0.3 is 0 Å². The van der Waals surface area contributed by atoms with Crippen molar-refractivity contribution in [2.75, 3.05) is 0 Å². The van der Waals surface area contributed by atoms with E-state index in [1.807, 2.05) is 59.3 Å². The Morgan fingerprint density at radius 2 is 1.64 bits per heavy atom. The second-order valence-electron chi connectivity index (χ2n) is 8.82. The quantitative estimate of drug-likeness (QED) is 0.296. The molecule has 2 aromatic heterocycles. The predicted octanol–water partition coefficient (Wildman–Crippen LogP) is 5.11. The summed E-state index contributed by atoms with van der Waals surface area (Å²) in [6, 6.07) is 26.0. The summed E-state index contributed by atoms with van der Waals surface area (Å²) in [5.41, 5.74) is 5.03. The maximum Gasteiger partial charge on any atom is 0.217 e. The Bertz CT molecular complexity index is 1440. The van der Waals surface area contributed by atoms with Crippen molar-refractivity contribution in [2.45, 2.75) is 39.2 Å². The third kappa shape index (κ3) is 4.98. The fraction of sp³-hybridized carbons (Fsp3) is 0.214. The van der Waals surface area contributed by atoms with E-state index >= 15 is 0 Å². The van der Waals surface area contributed by atoms with Crippen LogP contribution in [0.15, 0.2) is 78.9 Å². The maximum absolute atomic E-state index is 12.9. The van der Waals surface area contributed by atoms with E-state index in [4.69, 9.17) is 0 Å². The lowest BCUT2D eigenvalue weighted by Crippen LogP contribution is -2.10. The third-order valence-electron chi connectivity index (χ3n) is 6.32. The first-order valence-electron chi connectivity index (χ1n) is 12.1. The molecule has 5 rings (SSSR count). The molecule has 1 atom stereocenters. The molecule has 8 heteroatoms. The molecule has 180 valence electrons. The van der Waals surface area contributed by atoms with Crippen molar-refractivity contribution < 1.29 is 4.79 Å². The van der Waals surface area contributed by atoms with Gasteiger partial charge in [0.2, 0.25) is 17.4 Å². The standard InChI is InChI=1S/C28H27N7O/c1-3-19(2)28-29-27(25(36)17-20-9-5-4-6-10-20)32-35(28)18-21-13-15-22(16-14-21)23-11-7-8-12-24(23)26-30-33-34-31-26/h4-16,19H,3,17-18H2,1-2H3,(H,30,31,33,34). The second kappa shape index (κ2) is 10.4. The Labute approximate surface area is 209 Å². The summed E-state index contributed by atoms with van der Waals surface area (Å²) < 4.78 is 1.87. The van der Waals surface area contributed by atoms with Gasteiger partial charge >= 0.3 is 0 Å². The number of aromatic amines is 1. The molecule has 0 aliphatic carbocycles. The first-order chi connectivity index (χ1) is 17.6. The molecule has 0 saturated heterocycles. The molecule has 8 nitrogen and oxygen atoms in total. The number of carbonyl (C=O) groups excluding carboxylic acids is 1. The molecule has 1 unspecified atom stereocenters. The molecular weight excluding hydrogens is 450 g/mol. The summed E-state index contributed by atoms with van der Waals surface area (Å²) >= 11 is 0. The lowest BCUT2D eigenvalue weighted by atomic mass is 9.98. The highest BCUT2D eigenvalue weighted by Crippen LogP contribution is 2.30. The number of benzene rings is 3. The summed E-state index contributed by atoms with van der Waals surface area (Å²) in [4.78, 5) is 17.6. The Morgan fingerprint density at radius 3 is 2.33 bits per heavy atom. The van der Waals surface area contributed by atoms with Gasteiger partial charge in [-0.1, -0.05) is 92.7 Å². The van der Waals surface area contributed by atoms with E-state index < -0.39 is 0 Å². The smallest absolute Gasteiger partial charge is 0.217 e. The van der Waals surface area contributed by atoms with Crippen LogP contribution in [0.5, 0.6) is 0 Å². The van der Waals surface area contributed by atoms with Crippen molar-refractivity contribution >= 4 is 5.78 Å². The second-order valence-corrected chi connectivity index (χ2v) is 8.82. The van der Waals surface area contributed by atoms with Crippen LogP contribution in [0.3, 0.4) is 0 Å². The van der Waals surface area contributed by atoms with Crippen LogP contribution in [-0.2, 0) is 13.0 Å². The SMILES string of the molecule is CCC(C)c1nc(C(=O)Cc2ccccc2)nn1Cc1ccc(-c2ccccc2-c2nn[nH]n2)cc1. The zero-order valence-electron chi connectivity index (χ0n) is 20.3. The molecule has 0 amide bonds. The van der Waals surface area contributed by atoms with Gasteiger partial charge in [-0.05, 0) is 33.9 Å². The van der Waals surface area contributed by atoms with Crippen molar-refractivity contribution in [3.63, 3.8) is 0 Å². The molecule has 0 radical (unpaired) electrons. The Morgan fingerprint density at radius 1 is 0.917 bits per heavy atom. The van der Waals surface area contributed by atoms with Gasteiger partial charge in [0, 0.05) is 17.9 Å². The molecule has 2 heterocycles. The van der Waals surface area contributed by atoms with Crippen molar-refractivity contribution in [2.24, 2.45) is 0 Å². The van der Waals surface area contributed by atoms with Gasteiger partial charge in [0.15, 0.2) is 0 Å². The van der Waals surface area contributed by atoms with Crippen molar-refractivity contribution in [1.29, 1.82) is 0 Å². The number of Topliss-reactive ketones (excluding diaryl/α,β-unsaturated/α-hetero) is 1. The molecule has 0 saturated carbocycles. The van der Waals surface area contributed by atoms with Crippen LogP contribution < -0.4 is 0 Å². The monoisotopic (exact) mass is 477 g/mol. The minimum atomic E-state index is -0.0714. The summed E-state index contributed by atoms with van der Waals surface area (Å²) in [5, 5.41) is 19.1. The minimum absolute atomic E-state index is 0.0714. The van der Waals surface area contributed by atoms with E-state index in [9.17, 15) is 4.79 Å². The topological polar surface area (TPSA) is 102 Å². The number of nitrogens with zero attached hydrogens (tertiary/aromatic N) is 6. The van der Waals surface area contributed by atoms with Crippen LogP contribution in [0.25, 0.3) is 22.5 Å². The molecule has 3 aromatic carbocycles. The molecule has 0 aliphatic rings. The van der Waals surface area contributed by atoms with E-state index in [2.05, 4.69) is 68.8 Å². The summed E-state index contributed by atoms with van der Waals surface area (Å²) in [6.07, 6.45) is 1.20. The zero-order chi connectivity index (χ0) is 24.9. The van der Waals surface area contributed by atoms with E-state index in [1.165, 1.54) is 0 Å². The van der Waals surface area contributed by atoms with Crippen LogP contribution in [0.4, 0.5) is 0 Å². The highest BCUT2D eigenvalue weighted by atomic mass is 16.1. The van der Waals surface area contributed by atoms with Gasteiger partial charge in [0.1, 0.15) is 5.82 Å². The van der Waals surface area contributed by atoms with Gasteiger partial charge in [-0.3, -0.25) is 4.79 Å². The number of nitrogens with one attached hydrogen (secondary N) is 1. The van der Waals surface area contributed by atoms with Crippen LogP contribution in [0.1, 0.15) is 53.8 Å². The largest absolute Gasteiger partial charge is 0.290 e. The van der Waals surface area contributed by atoms with Crippen LogP contribution >= 0.6 is 0 Å². The average Bonchev–Trinajstić information content (AvgIpc) is 3.60. The Hall–Kier alpha value is -4.46. The number of tetrazole rings is 1. The molecule has 36 heavy (non-hydrogen) atoms. The molecule has 1 N–H and O–H groups in total. The fourth-order valence-electron chi connectivity index (χ4n) is 4.16. The third-order valence-corrected chi connectivity index (χ3v) is 6.32. The summed E-state index contributed by atoms with van der Waals surface area (Å²) in [6.45, 7) is 4.77. The predicted molar refractivity (Wildman–Crippen MR) is 137 cm³/mol. The number of carbonyl (C=O) groups is 1. The normalized spacial score (nSPS) is 11.9. The van der Waals surface area contributed by atoms with Gasteiger partial charge in [-0.2, -0.15) is 5.21 Å². The van der Waals surface area contributed by atoms with E-state index in [0.29, 0.717) is 18.8 Å². The Kier molecular flexibility index (Phi) is 6.75. The number of rotatable bonds is 9. The molecule has 0 bridgehead atoms. The van der Waals surface area contributed by atoms with Crippen LogP contribution in [0, 0.1) is 0 Å². The lowest BCUT2D eigenvalue weighted by Gasteiger charge is -2.11. The van der Waals surface area contributed by atoms with E-state index in [0.717, 1.165) is 40.1 Å².